The molecule has 0 aliphatic carbocycles. The van der Waals surface area contributed by atoms with Gasteiger partial charge in [0.25, 0.3) is 0 Å². The molecule has 0 radical (unpaired) electrons. The molecule has 2 rings (SSSR count). The van der Waals surface area contributed by atoms with Crippen LogP contribution in [0.5, 0.6) is 0 Å². The number of halogens is 2. The van der Waals surface area contributed by atoms with Gasteiger partial charge in [-0.25, -0.2) is 8.78 Å². The fourth-order valence-electron chi connectivity index (χ4n) is 2.08. The molecule has 88 valence electrons. The van der Waals surface area contributed by atoms with E-state index in [1.54, 1.807) is 0 Å². The summed E-state index contributed by atoms with van der Waals surface area (Å²) in [6.45, 7) is 5.59. The van der Waals surface area contributed by atoms with Crippen LogP contribution in [-0.2, 0) is 0 Å². The number of hydrogen-bond acceptors (Lipinski definition) is 2. The average Bonchev–Trinajstić information content (AvgIpc) is 2.39. The van der Waals surface area contributed by atoms with Crippen LogP contribution in [0.3, 0.4) is 0 Å². The zero-order valence-corrected chi connectivity index (χ0v) is 9.56. The van der Waals surface area contributed by atoms with Crippen molar-refractivity contribution in [1.82, 2.24) is 0 Å². The molecule has 0 spiro atoms. The van der Waals surface area contributed by atoms with Gasteiger partial charge in [0.1, 0.15) is 5.82 Å². The maximum absolute atomic E-state index is 13.6. The van der Waals surface area contributed by atoms with Crippen molar-refractivity contribution >= 4 is 11.4 Å². The maximum Gasteiger partial charge on any atom is 0.151 e. The molecule has 4 heteroatoms. The Balaban J connectivity index is 2.51. The Morgan fingerprint density at radius 2 is 2.06 bits per heavy atom. The quantitative estimate of drug-likeness (QED) is 0.792. The van der Waals surface area contributed by atoms with Crippen molar-refractivity contribution in [3.8, 4) is 0 Å². The van der Waals surface area contributed by atoms with Crippen molar-refractivity contribution in [3.63, 3.8) is 0 Å². The zero-order chi connectivity index (χ0) is 11.7. The van der Waals surface area contributed by atoms with Gasteiger partial charge in [0, 0.05) is 25.2 Å². The first-order chi connectivity index (χ1) is 7.59. The summed E-state index contributed by atoms with van der Waals surface area (Å²) < 4.78 is 26.9. The molecule has 0 atom stereocenters. The lowest BCUT2D eigenvalue weighted by Gasteiger charge is -2.28. The monoisotopic (exact) mass is 226 g/mol. The number of anilines is 2. The van der Waals surface area contributed by atoms with Gasteiger partial charge >= 0.3 is 0 Å². The van der Waals surface area contributed by atoms with E-state index in [4.69, 9.17) is 0 Å². The molecule has 0 bridgehead atoms. The highest BCUT2D eigenvalue weighted by Crippen LogP contribution is 2.33. The number of rotatable bonds is 1. The smallest absolute Gasteiger partial charge is 0.151 e. The zero-order valence-electron chi connectivity index (χ0n) is 9.56. The number of fused-ring (bicyclic) bond motifs is 1. The Labute approximate surface area is 94.3 Å². The highest BCUT2D eigenvalue weighted by molar-refractivity contribution is 5.72. The Kier molecular flexibility index (Phi) is 2.99. The van der Waals surface area contributed by atoms with Gasteiger partial charge < -0.3 is 10.2 Å². The van der Waals surface area contributed by atoms with Crippen LogP contribution < -0.4 is 10.2 Å². The van der Waals surface area contributed by atoms with E-state index >= 15 is 0 Å². The molecule has 0 saturated carbocycles. The molecular weight excluding hydrogens is 210 g/mol. The Morgan fingerprint density at radius 3 is 2.75 bits per heavy atom. The van der Waals surface area contributed by atoms with Crippen LogP contribution in [0.2, 0.25) is 0 Å². The third-order valence-corrected chi connectivity index (χ3v) is 2.84. The van der Waals surface area contributed by atoms with Crippen molar-refractivity contribution in [1.29, 1.82) is 0 Å². The third-order valence-electron chi connectivity index (χ3n) is 2.84. The van der Waals surface area contributed by atoms with Crippen LogP contribution >= 0.6 is 0 Å². The first-order valence-corrected chi connectivity index (χ1v) is 5.59. The highest BCUT2D eigenvalue weighted by Gasteiger charge is 2.21. The van der Waals surface area contributed by atoms with Gasteiger partial charge in [-0.2, -0.15) is 0 Å². The number of nitrogens with zero attached hydrogens (tertiary/aromatic N) is 1. The second kappa shape index (κ2) is 4.28. The van der Waals surface area contributed by atoms with Gasteiger partial charge in [-0.1, -0.05) is 0 Å². The molecule has 16 heavy (non-hydrogen) atoms. The SMILES string of the molecule is CC(C)N1CCCNc2c(F)cc(F)cc21. The summed E-state index contributed by atoms with van der Waals surface area (Å²) in [5.41, 5.74) is 1.05. The van der Waals surface area contributed by atoms with Gasteiger partial charge in [-0.05, 0) is 26.3 Å². The molecule has 0 aromatic heterocycles. The van der Waals surface area contributed by atoms with E-state index in [2.05, 4.69) is 5.32 Å². The Hall–Kier alpha value is -1.32. The van der Waals surface area contributed by atoms with Gasteiger partial charge in [0.2, 0.25) is 0 Å². The van der Waals surface area contributed by atoms with Gasteiger partial charge in [-0.15, -0.1) is 0 Å². The molecule has 0 fully saturated rings. The van der Waals surface area contributed by atoms with E-state index < -0.39 is 11.6 Å². The Bertz CT molecular complexity index is 391. The second-order valence-corrected chi connectivity index (χ2v) is 4.35. The molecule has 1 N–H and O–H groups in total. The third kappa shape index (κ3) is 1.96. The summed E-state index contributed by atoms with van der Waals surface area (Å²) >= 11 is 0. The summed E-state index contributed by atoms with van der Waals surface area (Å²) in [6, 6.07) is 2.56. The molecular formula is C12H16F2N2. The summed E-state index contributed by atoms with van der Waals surface area (Å²) in [7, 11) is 0. The molecule has 1 aromatic rings. The van der Waals surface area contributed by atoms with Crippen LogP contribution in [0, 0.1) is 11.6 Å². The topological polar surface area (TPSA) is 15.3 Å². The van der Waals surface area contributed by atoms with Crippen LogP contribution in [0.4, 0.5) is 20.2 Å². The van der Waals surface area contributed by atoms with Crippen molar-refractivity contribution < 1.29 is 8.78 Å². The molecule has 1 aliphatic heterocycles. The van der Waals surface area contributed by atoms with E-state index in [0.717, 1.165) is 25.6 Å². The van der Waals surface area contributed by atoms with Gasteiger partial charge in [0.15, 0.2) is 5.82 Å². The largest absolute Gasteiger partial charge is 0.381 e. The number of nitrogens with one attached hydrogen (secondary N) is 1. The molecule has 1 aromatic carbocycles. The van der Waals surface area contributed by atoms with E-state index in [1.807, 2.05) is 18.7 Å². The van der Waals surface area contributed by atoms with E-state index in [9.17, 15) is 8.78 Å². The van der Waals surface area contributed by atoms with E-state index in [1.165, 1.54) is 6.07 Å². The van der Waals surface area contributed by atoms with Crippen LogP contribution in [0.25, 0.3) is 0 Å². The van der Waals surface area contributed by atoms with E-state index in [0.29, 0.717) is 11.4 Å². The van der Waals surface area contributed by atoms with Crippen molar-refractivity contribution in [2.45, 2.75) is 26.3 Å². The summed E-state index contributed by atoms with van der Waals surface area (Å²) in [5, 5.41) is 3.02. The number of benzene rings is 1. The standard InChI is InChI=1S/C12H16F2N2/c1-8(2)16-5-3-4-15-12-10(14)6-9(13)7-11(12)16/h6-8,15H,3-5H2,1-2H3. The van der Waals surface area contributed by atoms with E-state index in [-0.39, 0.29) is 6.04 Å². The van der Waals surface area contributed by atoms with Crippen molar-refractivity contribution in [2.24, 2.45) is 0 Å². The van der Waals surface area contributed by atoms with Crippen LogP contribution in [-0.4, -0.2) is 19.1 Å². The molecule has 1 heterocycles. The normalized spacial score (nSPS) is 15.7. The minimum atomic E-state index is -0.523. The van der Waals surface area contributed by atoms with Crippen molar-refractivity contribution in [2.75, 3.05) is 23.3 Å². The minimum absolute atomic E-state index is 0.236. The summed E-state index contributed by atoms with van der Waals surface area (Å²) in [4.78, 5) is 2.03. The fourth-order valence-corrected chi connectivity index (χ4v) is 2.08. The molecule has 1 aliphatic rings. The minimum Gasteiger partial charge on any atom is -0.381 e. The predicted molar refractivity (Wildman–Crippen MR) is 61.9 cm³/mol. The van der Waals surface area contributed by atoms with Crippen LogP contribution in [0.1, 0.15) is 20.3 Å². The number of hydrogen-bond donors (Lipinski definition) is 1. The molecule has 0 saturated heterocycles. The lowest BCUT2D eigenvalue weighted by Crippen LogP contribution is -2.31. The lowest BCUT2D eigenvalue weighted by atomic mass is 10.2. The summed E-state index contributed by atoms with van der Waals surface area (Å²) in [5.74, 6) is -1.03. The van der Waals surface area contributed by atoms with Crippen molar-refractivity contribution in [3.05, 3.63) is 23.8 Å². The second-order valence-electron chi connectivity index (χ2n) is 4.35. The molecule has 2 nitrogen and oxygen atoms in total. The predicted octanol–water partition coefficient (Wildman–Crippen LogP) is 3.00. The average molecular weight is 226 g/mol. The maximum atomic E-state index is 13.6. The first kappa shape index (κ1) is 11.2. The Morgan fingerprint density at radius 1 is 1.31 bits per heavy atom. The van der Waals surface area contributed by atoms with Crippen LogP contribution in [0.15, 0.2) is 12.1 Å². The highest BCUT2D eigenvalue weighted by atomic mass is 19.1. The fraction of sp³-hybridized carbons (Fsp3) is 0.500. The summed E-state index contributed by atoms with van der Waals surface area (Å²) in [6.07, 6.45) is 0.925. The first-order valence-electron chi connectivity index (χ1n) is 5.59. The van der Waals surface area contributed by atoms with Gasteiger partial charge in [0.05, 0.1) is 11.4 Å². The molecule has 0 amide bonds. The lowest BCUT2D eigenvalue weighted by molar-refractivity contribution is 0.583. The van der Waals surface area contributed by atoms with Gasteiger partial charge in [-0.3, -0.25) is 0 Å². The molecule has 0 unspecified atom stereocenters.